The summed E-state index contributed by atoms with van der Waals surface area (Å²) in [5.41, 5.74) is 4.56. The van der Waals surface area contributed by atoms with Crippen molar-refractivity contribution < 1.29 is 71.1 Å². The van der Waals surface area contributed by atoms with Crippen molar-refractivity contribution in [1.82, 2.24) is 9.55 Å². The van der Waals surface area contributed by atoms with Gasteiger partial charge < -0.3 is 39.9 Å². The second-order valence-corrected chi connectivity index (χ2v) is 19.2. The molecule has 1 fully saturated rings. The van der Waals surface area contributed by atoms with Crippen LogP contribution in [0.4, 0.5) is 5.82 Å². The first-order valence-corrected chi connectivity index (χ1v) is 25.7. The molecule has 2 heterocycles. The maximum Gasteiger partial charge on any atom is 0.481 e. The quantitative estimate of drug-likeness (QED) is 0.0145. The minimum absolute atomic E-state index is 0.0243. The lowest BCUT2D eigenvalue weighted by Crippen LogP contribution is -2.36. The number of allylic oxidation sites excluding steroid dienone is 4. The molecule has 1 aliphatic rings. The Morgan fingerprint density at radius 2 is 1.47 bits per heavy atom. The van der Waals surface area contributed by atoms with Gasteiger partial charge in [-0.15, -0.1) is 0 Å². The standard InChI is InChI=1S/C43H73N3O16P2/c1-4-6-7-8-9-14-19-24-34(47)25-20-15-12-17-21-26-38(48)57-30-35(60-39(49)27-22-16-11-10-13-18-23-33(3)5-2)31-58-63(53,54)62-64(55,56)59-32-36-40(50)41(51)42(61-36)46-29-28-37(44)45-43(46)52/h9,14,19,24,28-29,33,35-36,40-42,50-51H,4-8,10-13,15-18,20-23,25-27,30-32H2,1-3H3,(H,53,54)(H,55,56)(H2,44,45,52)/b14-9-,24-19+/t33?,35-,36-,40-,41-,42-/m1/s1. The van der Waals surface area contributed by atoms with E-state index in [9.17, 15) is 48.3 Å². The van der Waals surface area contributed by atoms with E-state index in [1.54, 1.807) is 12.2 Å². The summed E-state index contributed by atoms with van der Waals surface area (Å²) in [6.45, 7) is 4.18. The first-order chi connectivity index (χ1) is 30.5. The van der Waals surface area contributed by atoms with Crippen LogP contribution in [-0.2, 0) is 51.1 Å². The molecule has 3 unspecified atom stereocenters. The summed E-state index contributed by atoms with van der Waals surface area (Å²) in [6, 6.07) is 1.24. The second kappa shape index (κ2) is 31.8. The summed E-state index contributed by atoms with van der Waals surface area (Å²) in [6.07, 6.45) is 17.1. The zero-order chi connectivity index (χ0) is 47.4. The van der Waals surface area contributed by atoms with Crippen molar-refractivity contribution in [2.75, 3.05) is 25.6 Å². The van der Waals surface area contributed by atoms with E-state index < -0.39 is 83.7 Å². The van der Waals surface area contributed by atoms with Gasteiger partial charge in [-0.3, -0.25) is 28.0 Å². The second-order valence-electron chi connectivity index (χ2n) is 16.2. The van der Waals surface area contributed by atoms with E-state index in [0.717, 1.165) is 87.8 Å². The molecule has 366 valence electrons. The Balaban J connectivity index is 1.85. The van der Waals surface area contributed by atoms with Gasteiger partial charge in [0.1, 0.15) is 30.7 Å². The minimum Gasteiger partial charge on any atom is -0.462 e. The van der Waals surface area contributed by atoms with Crippen LogP contribution in [0.2, 0.25) is 0 Å². The lowest BCUT2D eigenvalue weighted by Gasteiger charge is -2.21. The molecule has 1 aromatic rings. The monoisotopic (exact) mass is 949 g/mol. The van der Waals surface area contributed by atoms with Crippen LogP contribution in [0.25, 0.3) is 0 Å². The number of aliphatic hydroxyl groups is 2. The molecule has 0 aliphatic carbocycles. The molecule has 64 heavy (non-hydrogen) atoms. The highest BCUT2D eigenvalue weighted by molar-refractivity contribution is 7.61. The number of ether oxygens (including phenoxy) is 3. The van der Waals surface area contributed by atoms with Crippen LogP contribution < -0.4 is 11.4 Å². The third-order valence-electron chi connectivity index (χ3n) is 10.6. The van der Waals surface area contributed by atoms with E-state index in [1.807, 2.05) is 6.08 Å². The van der Waals surface area contributed by atoms with E-state index >= 15 is 0 Å². The molecule has 2 rings (SSSR count). The maximum atomic E-state index is 12.8. The van der Waals surface area contributed by atoms with Crippen molar-refractivity contribution in [2.45, 2.75) is 180 Å². The van der Waals surface area contributed by atoms with Gasteiger partial charge in [0.2, 0.25) is 0 Å². The Labute approximate surface area is 377 Å². The highest BCUT2D eigenvalue weighted by atomic mass is 31.3. The average Bonchev–Trinajstić information content (AvgIpc) is 3.52. The van der Waals surface area contributed by atoms with Gasteiger partial charge in [-0.05, 0) is 50.2 Å². The number of rotatable bonds is 36. The van der Waals surface area contributed by atoms with Gasteiger partial charge in [-0.1, -0.05) is 116 Å². The van der Waals surface area contributed by atoms with Crippen LogP contribution in [-0.4, -0.2) is 91.5 Å². The van der Waals surface area contributed by atoms with Gasteiger partial charge in [-0.2, -0.15) is 9.29 Å². The Bertz CT molecular complexity index is 1740. The molecule has 1 aromatic heterocycles. The van der Waals surface area contributed by atoms with Crippen LogP contribution in [0.5, 0.6) is 0 Å². The predicted molar refractivity (Wildman–Crippen MR) is 238 cm³/mol. The number of aliphatic hydroxyl groups excluding tert-OH is 2. The number of phosphoric acid groups is 2. The number of esters is 2. The Kier molecular flexibility index (Phi) is 28.3. The fourth-order valence-electron chi connectivity index (χ4n) is 6.56. The summed E-state index contributed by atoms with van der Waals surface area (Å²) < 4.78 is 56.4. The maximum absolute atomic E-state index is 12.8. The lowest BCUT2D eigenvalue weighted by molar-refractivity contribution is -0.161. The van der Waals surface area contributed by atoms with Crippen LogP contribution in [0.15, 0.2) is 41.4 Å². The van der Waals surface area contributed by atoms with Crippen LogP contribution in [0.1, 0.15) is 155 Å². The van der Waals surface area contributed by atoms with E-state index in [-0.39, 0.29) is 24.4 Å². The Hall–Kier alpha value is -3.09. The van der Waals surface area contributed by atoms with E-state index in [0.29, 0.717) is 31.6 Å². The molecule has 19 nitrogen and oxygen atoms in total. The number of phosphoric ester groups is 2. The van der Waals surface area contributed by atoms with Crippen LogP contribution in [0, 0.1) is 5.92 Å². The predicted octanol–water partition coefficient (Wildman–Crippen LogP) is 7.31. The van der Waals surface area contributed by atoms with Gasteiger partial charge in [0.25, 0.3) is 0 Å². The molecule has 0 bridgehead atoms. The van der Waals surface area contributed by atoms with Crippen LogP contribution in [0.3, 0.4) is 0 Å². The summed E-state index contributed by atoms with van der Waals surface area (Å²) in [4.78, 5) is 73.7. The van der Waals surface area contributed by atoms with Crippen molar-refractivity contribution >= 4 is 39.2 Å². The smallest absolute Gasteiger partial charge is 0.462 e. The van der Waals surface area contributed by atoms with E-state index in [4.69, 9.17) is 29.0 Å². The van der Waals surface area contributed by atoms with E-state index in [2.05, 4.69) is 36.1 Å². The zero-order valence-corrected chi connectivity index (χ0v) is 39.5. The fourth-order valence-corrected chi connectivity index (χ4v) is 8.67. The Morgan fingerprint density at radius 3 is 2.12 bits per heavy atom. The summed E-state index contributed by atoms with van der Waals surface area (Å²) in [5.74, 6) is -0.638. The number of aromatic nitrogens is 2. The van der Waals surface area contributed by atoms with Gasteiger partial charge in [0.15, 0.2) is 18.1 Å². The van der Waals surface area contributed by atoms with Gasteiger partial charge in [0.05, 0.1) is 13.2 Å². The molecule has 6 N–H and O–H groups in total. The first-order valence-electron chi connectivity index (χ1n) is 22.7. The van der Waals surface area contributed by atoms with Crippen molar-refractivity contribution in [3.63, 3.8) is 0 Å². The molecule has 0 spiro atoms. The molecular formula is C43H73N3O16P2. The highest BCUT2D eigenvalue weighted by Crippen LogP contribution is 2.60. The molecule has 1 saturated heterocycles. The van der Waals surface area contributed by atoms with Gasteiger partial charge in [0, 0.05) is 25.5 Å². The largest absolute Gasteiger partial charge is 0.481 e. The van der Waals surface area contributed by atoms with Crippen molar-refractivity contribution in [3.8, 4) is 0 Å². The number of ketones is 1. The van der Waals surface area contributed by atoms with Crippen molar-refractivity contribution in [2.24, 2.45) is 5.92 Å². The number of carbonyl (C=O) groups is 3. The molecule has 0 saturated carbocycles. The number of hydrogen-bond acceptors (Lipinski definition) is 16. The number of nitrogens with zero attached hydrogens (tertiary/aromatic N) is 2. The lowest BCUT2D eigenvalue weighted by atomic mass is 10.00. The van der Waals surface area contributed by atoms with Crippen molar-refractivity contribution in [3.05, 3.63) is 47.1 Å². The van der Waals surface area contributed by atoms with Gasteiger partial charge in [-0.25, -0.2) is 13.9 Å². The normalized spacial score (nSPS) is 20.5. The summed E-state index contributed by atoms with van der Waals surface area (Å²) in [7, 11) is -10.9. The molecule has 0 amide bonds. The zero-order valence-electron chi connectivity index (χ0n) is 37.7. The third kappa shape index (κ3) is 25.0. The number of hydrogen-bond donors (Lipinski definition) is 5. The highest BCUT2D eigenvalue weighted by Gasteiger charge is 2.46. The number of nitrogen functional groups attached to an aromatic ring is 1. The average molecular weight is 950 g/mol. The molecule has 21 heteroatoms. The summed E-state index contributed by atoms with van der Waals surface area (Å²) in [5, 5.41) is 20.8. The fraction of sp³-hybridized carbons (Fsp3) is 0.744. The topological polar surface area (TPSA) is 283 Å². The molecular weight excluding hydrogens is 876 g/mol. The SMILES string of the molecule is CCCCC/C=C\C=C\C(=O)CCCCCCCC(=O)OC[C@H](COP(=O)(O)OP(=O)(O)OC[C@H]1O[C@@H](n2ccc(N)nc2=O)[C@H](O)[C@@H]1O)OC(=O)CCCCCCCCC(C)CC. The molecule has 8 atom stereocenters. The Morgan fingerprint density at radius 1 is 0.844 bits per heavy atom. The first kappa shape index (κ1) is 57.0. The van der Waals surface area contributed by atoms with Gasteiger partial charge >= 0.3 is 33.3 Å². The number of nitrogens with two attached hydrogens (primary N) is 1. The molecule has 0 aromatic carbocycles. The molecule has 1 aliphatic heterocycles. The number of unbranched alkanes of at least 4 members (excludes halogenated alkanes) is 12. The summed E-state index contributed by atoms with van der Waals surface area (Å²) >= 11 is 0. The number of anilines is 1. The van der Waals surface area contributed by atoms with Crippen molar-refractivity contribution in [1.29, 1.82) is 0 Å². The number of carbonyl (C=O) groups excluding carboxylic acids is 3. The third-order valence-corrected chi connectivity index (χ3v) is 13.2. The molecule has 0 radical (unpaired) electrons. The van der Waals surface area contributed by atoms with Crippen LogP contribution >= 0.6 is 15.6 Å². The van der Waals surface area contributed by atoms with E-state index in [1.165, 1.54) is 18.9 Å². The minimum atomic E-state index is -5.44.